The predicted octanol–water partition coefficient (Wildman–Crippen LogP) is 8.30. The molecule has 0 saturated carbocycles. The summed E-state index contributed by atoms with van der Waals surface area (Å²) in [4.78, 5) is 48.9. The summed E-state index contributed by atoms with van der Waals surface area (Å²) in [6.45, 7) is 3.89. The van der Waals surface area contributed by atoms with Crippen molar-refractivity contribution in [3.63, 3.8) is 0 Å². The summed E-state index contributed by atoms with van der Waals surface area (Å²) < 4.78 is 21.1. The van der Waals surface area contributed by atoms with Crippen LogP contribution in [0.2, 0.25) is 0 Å². The average Bonchev–Trinajstić information content (AvgIpc) is 3.29. The van der Waals surface area contributed by atoms with E-state index in [0.717, 1.165) is 22.3 Å². The minimum Gasteiger partial charge on any atom is -0.462 e. The zero-order valence-corrected chi connectivity index (χ0v) is 27.8. The summed E-state index contributed by atoms with van der Waals surface area (Å²) >= 11 is 6.42. The SMILES string of the molecule is CCOC(=O)C(Br)=C1OC(=O)c2ccccc2-c2ccccc21.CCOC(=O)C(Br)=C1OC(=O)c2ccccc2-c2ccccc21. The number of carbonyl (C=O) groups is 4. The van der Waals surface area contributed by atoms with Crippen molar-refractivity contribution in [2.24, 2.45) is 0 Å². The second-order valence-corrected chi connectivity index (χ2v) is 11.3. The number of esters is 4. The number of ether oxygens (including phenoxy) is 4. The first-order valence-electron chi connectivity index (χ1n) is 14.2. The topological polar surface area (TPSA) is 105 Å². The fourth-order valence-corrected chi connectivity index (χ4v) is 5.75. The van der Waals surface area contributed by atoms with E-state index in [-0.39, 0.29) is 33.7 Å². The Morgan fingerprint density at radius 3 is 1.07 bits per heavy atom. The van der Waals surface area contributed by atoms with Crippen LogP contribution >= 0.6 is 31.9 Å². The van der Waals surface area contributed by atoms with Gasteiger partial charge in [-0.2, -0.15) is 0 Å². The summed E-state index contributed by atoms with van der Waals surface area (Å²) in [6.07, 6.45) is 0. The minimum atomic E-state index is -0.573. The first kappa shape index (κ1) is 32.6. The molecule has 2 aliphatic rings. The number of benzene rings is 4. The summed E-state index contributed by atoms with van der Waals surface area (Å²) in [5.41, 5.74) is 5.42. The van der Waals surface area contributed by atoms with E-state index in [1.54, 1.807) is 50.2 Å². The van der Waals surface area contributed by atoms with Crippen molar-refractivity contribution in [3.8, 4) is 22.3 Å². The Bertz CT molecular complexity index is 1790. The van der Waals surface area contributed by atoms with E-state index in [0.29, 0.717) is 22.3 Å². The summed E-state index contributed by atoms with van der Waals surface area (Å²) in [6, 6.07) is 29.2. The Morgan fingerprint density at radius 2 is 0.761 bits per heavy atom. The molecule has 4 aromatic rings. The molecule has 46 heavy (non-hydrogen) atoms. The van der Waals surface area contributed by atoms with Crippen LogP contribution in [0.1, 0.15) is 45.7 Å². The van der Waals surface area contributed by atoms with Crippen molar-refractivity contribution < 1.29 is 38.1 Å². The molecule has 232 valence electrons. The maximum absolute atomic E-state index is 12.4. The maximum atomic E-state index is 12.4. The summed E-state index contributed by atoms with van der Waals surface area (Å²) in [5, 5.41) is 0. The van der Waals surface area contributed by atoms with Gasteiger partial charge in [0, 0.05) is 11.1 Å². The molecule has 0 fully saturated rings. The highest BCUT2D eigenvalue weighted by atomic mass is 79.9. The van der Waals surface area contributed by atoms with Gasteiger partial charge >= 0.3 is 23.9 Å². The molecular formula is C36H26Br2O8. The van der Waals surface area contributed by atoms with Gasteiger partial charge in [0.15, 0.2) is 11.5 Å². The van der Waals surface area contributed by atoms with Crippen LogP contribution in [0.25, 0.3) is 33.8 Å². The van der Waals surface area contributed by atoms with Crippen molar-refractivity contribution in [3.05, 3.63) is 128 Å². The first-order chi connectivity index (χ1) is 22.3. The van der Waals surface area contributed by atoms with E-state index in [1.165, 1.54) is 0 Å². The molecule has 2 aliphatic heterocycles. The summed E-state index contributed by atoms with van der Waals surface area (Å²) in [7, 11) is 0. The average molecular weight is 746 g/mol. The predicted molar refractivity (Wildman–Crippen MR) is 180 cm³/mol. The van der Waals surface area contributed by atoms with E-state index in [1.807, 2.05) is 60.7 Å². The van der Waals surface area contributed by atoms with Gasteiger partial charge in [-0.05, 0) is 80.1 Å². The lowest BCUT2D eigenvalue weighted by Crippen LogP contribution is -2.09. The number of fused-ring (bicyclic) bond motifs is 6. The smallest absolute Gasteiger partial charge is 0.349 e. The molecule has 10 heteroatoms. The molecule has 4 aromatic carbocycles. The van der Waals surface area contributed by atoms with E-state index in [4.69, 9.17) is 18.9 Å². The molecule has 0 aliphatic carbocycles. The van der Waals surface area contributed by atoms with Crippen LogP contribution in [0.15, 0.2) is 106 Å². The molecule has 6 rings (SSSR count). The zero-order valence-electron chi connectivity index (χ0n) is 24.7. The lowest BCUT2D eigenvalue weighted by atomic mass is 9.95. The number of carbonyl (C=O) groups excluding carboxylic acids is 4. The second-order valence-electron chi connectivity index (χ2n) is 9.69. The highest BCUT2D eigenvalue weighted by molar-refractivity contribution is 9.12. The monoisotopic (exact) mass is 744 g/mol. The molecule has 0 atom stereocenters. The highest BCUT2D eigenvalue weighted by Crippen LogP contribution is 2.40. The Hall–Kier alpha value is -4.80. The van der Waals surface area contributed by atoms with Crippen LogP contribution in [0.3, 0.4) is 0 Å². The normalized spacial score (nSPS) is 15.0. The largest absolute Gasteiger partial charge is 0.462 e. The minimum absolute atomic E-state index is 0.0907. The van der Waals surface area contributed by atoms with E-state index in [2.05, 4.69) is 31.9 Å². The number of rotatable bonds is 4. The van der Waals surface area contributed by atoms with Crippen LogP contribution in [-0.4, -0.2) is 37.1 Å². The van der Waals surface area contributed by atoms with Crippen LogP contribution < -0.4 is 0 Å². The Balaban J connectivity index is 0.000000181. The molecule has 0 saturated heterocycles. The second kappa shape index (κ2) is 14.5. The van der Waals surface area contributed by atoms with E-state index < -0.39 is 23.9 Å². The standard InChI is InChI=1S/2C18H13BrO4/c2*1-2-22-18(21)15(19)16-13-9-5-3-7-11(13)12-8-4-6-10-14(12)17(20)23-16/h2*3-10H,2H2,1H3. The fraction of sp³-hybridized carbons (Fsp3) is 0.111. The molecule has 2 heterocycles. The van der Waals surface area contributed by atoms with Gasteiger partial charge in [0.05, 0.1) is 24.3 Å². The van der Waals surface area contributed by atoms with Crippen LogP contribution in [0.5, 0.6) is 0 Å². The van der Waals surface area contributed by atoms with Gasteiger partial charge in [-0.25, -0.2) is 19.2 Å². The third-order valence-electron chi connectivity index (χ3n) is 6.92. The summed E-state index contributed by atoms with van der Waals surface area (Å²) in [5.74, 6) is -1.83. The lowest BCUT2D eigenvalue weighted by molar-refractivity contribution is -0.138. The Labute approximate surface area is 281 Å². The van der Waals surface area contributed by atoms with Crippen LogP contribution in [0, 0.1) is 0 Å². The van der Waals surface area contributed by atoms with E-state index >= 15 is 0 Å². The number of cyclic esters (lactones) is 2. The molecule has 0 aromatic heterocycles. The van der Waals surface area contributed by atoms with Gasteiger partial charge < -0.3 is 18.9 Å². The van der Waals surface area contributed by atoms with Gasteiger partial charge in [-0.15, -0.1) is 0 Å². The number of hydrogen-bond donors (Lipinski definition) is 0. The van der Waals surface area contributed by atoms with Crippen molar-refractivity contribution in [2.75, 3.05) is 13.2 Å². The third-order valence-corrected chi connectivity index (χ3v) is 8.28. The Morgan fingerprint density at radius 1 is 0.500 bits per heavy atom. The molecule has 8 nitrogen and oxygen atoms in total. The lowest BCUT2D eigenvalue weighted by Gasteiger charge is -2.11. The molecule has 0 radical (unpaired) electrons. The van der Waals surface area contributed by atoms with Crippen LogP contribution in [-0.2, 0) is 28.5 Å². The van der Waals surface area contributed by atoms with Crippen molar-refractivity contribution in [1.29, 1.82) is 0 Å². The van der Waals surface area contributed by atoms with Crippen molar-refractivity contribution >= 4 is 67.3 Å². The maximum Gasteiger partial charge on any atom is 0.349 e. The molecular weight excluding hydrogens is 720 g/mol. The third kappa shape index (κ3) is 6.59. The van der Waals surface area contributed by atoms with Crippen molar-refractivity contribution in [2.45, 2.75) is 13.8 Å². The fourth-order valence-electron chi connectivity index (χ4n) is 4.93. The van der Waals surface area contributed by atoms with Crippen molar-refractivity contribution in [1.82, 2.24) is 0 Å². The first-order valence-corrected chi connectivity index (χ1v) is 15.8. The quantitative estimate of drug-likeness (QED) is 0.117. The van der Waals surface area contributed by atoms with Crippen LogP contribution in [0.4, 0.5) is 0 Å². The zero-order chi connectivity index (χ0) is 32.8. The van der Waals surface area contributed by atoms with Gasteiger partial charge in [0.25, 0.3) is 0 Å². The van der Waals surface area contributed by atoms with Gasteiger partial charge in [-0.3, -0.25) is 0 Å². The van der Waals surface area contributed by atoms with Gasteiger partial charge in [0.1, 0.15) is 8.96 Å². The molecule has 0 N–H and O–H groups in total. The number of halogens is 2. The molecule has 0 unspecified atom stereocenters. The van der Waals surface area contributed by atoms with Gasteiger partial charge in [-0.1, -0.05) is 84.9 Å². The molecule has 0 amide bonds. The highest BCUT2D eigenvalue weighted by Gasteiger charge is 2.30. The molecule has 0 bridgehead atoms. The Kier molecular flexibility index (Phi) is 10.3. The number of hydrogen-bond acceptors (Lipinski definition) is 8. The molecule has 0 spiro atoms. The van der Waals surface area contributed by atoms with Gasteiger partial charge in [0.2, 0.25) is 0 Å². The van der Waals surface area contributed by atoms with E-state index in [9.17, 15) is 19.2 Å².